The van der Waals surface area contributed by atoms with Gasteiger partial charge in [-0.25, -0.2) is 0 Å². The summed E-state index contributed by atoms with van der Waals surface area (Å²) in [5.41, 5.74) is 2.69. The number of hydrogen-bond donors (Lipinski definition) is 1. The van der Waals surface area contributed by atoms with Gasteiger partial charge in [0.05, 0.1) is 0 Å². The second kappa shape index (κ2) is 7.91. The van der Waals surface area contributed by atoms with Crippen molar-refractivity contribution in [1.29, 1.82) is 0 Å². The van der Waals surface area contributed by atoms with Crippen molar-refractivity contribution < 1.29 is 0 Å². The average molecular weight is 327 g/mol. The first-order valence-corrected chi connectivity index (χ1v) is 7.99. The molecule has 0 saturated heterocycles. The van der Waals surface area contributed by atoms with Gasteiger partial charge >= 0.3 is 0 Å². The summed E-state index contributed by atoms with van der Waals surface area (Å²) in [5, 5.41) is 3.58. The summed E-state index contributed by atoms with van der Waals surface area (Å²) in [6.45, 7) is 11.1. The fourth-order valence-electron chi connectivity index (χ4n) is 2.34. The van der Waals surface area contributed by atoms with E-state index in [9.17, 15) is 0 Å². The van der Waals surface area contributed by atoms with Crippen LogP contribution in [0.4, 0.5) is 5.69 Å². The highest BCUT2D eigenvalue weighted by molar-refractivity contribution is 9.10. The molecule has 0 heterocycles. The van der Waals surface area contributed by atoms with E-state index in [2.05, 4.69) is 79.1 Å². The number of rotatable bonds is 7. The number of anilines is 1. The van der Waals surface area contributed by atoms with Crippen LogP contribution in [0.15, 0.2) is 22.7 Å². The monoisotopic (exact) mass is 326 g/mol. The van der Waals surface area contributed by atoms with Gasteiger partial charge in [-0.2, -0.15) is 0 Å². The van der Waals surface area contributed by atoms with Gasteiger partial charge in [0, 0.05) is 29.8 Å². The van der Waals surface area contributed by atoms with E-state index in [-0.39, 0.29) is 0 Å². The standard InChI is InChI=1S/C16H27BrN2/c1-6-9-18-13(4)15-10-14(17)7-8-16(15)19(5)11-12(2)3/h7-8,10,12-13,18H,6,9,11H2,1-5H3. The number of nitrogens with zero attached hydrogens (tertiary/aromatic N) is 1. The lowest BCUT2D eigenvalue weighted by Gasteiger charge is -2.27. The summed E-state index contributed by atoms with van der Waals surface area (Å²) in [5.74, 6) is 0.667. The molecule has 1 N–H and O–H groups in total. The van der Waals surface area contributed by atoms with Gasteiger partial charge in [0.25, 0.3) is 0 Å². The highest BCUT2D eigenvalue weighted by Crippen LogP contribution is 2.29. The van der Waals surface area contributed by atoms with Crippen molar-refractivity contribution in [3.05, 3.63) is 28.2 Å². The smallest absolute Gasteiger partial charge is 0.0412 e. The number of benzene rings is 1. The molecule has 19 heavy (non-hydrogen) atoms. The van der Waals surface area contributed by atoms with E-state index < -0.39 is 0 Å². The van der Waals surface area contributed by atoms with Crippen LogP contribution < -0.4 is 10.2 Å². The van der Waals surface area contributed by atoms with Crippen molar-refractivity contribution >= 4 is 21.6 Å². The first kappa shape index (κ1) is 16.5. The second-order valence-electron chi connectivity index (χ2n) is 5.65. The maximum Gasteiger partial charge on any atom is 0.0412 e. The van der Waals surface area contributed by atoms with Crippen molar-refractivity contribution in [3.63, 3.8) is 0 Å². The maximum absolute atomic E-state index is 3.59. The van der Waals surface area contributed by atoms with Gasteiger partial charge in [-0.05, 0) is 49.6 Å². The first-order chi connectivity index (χ1) is 8.95. The number of nitrogens with one attached hydrogen (secondary N) is 1. The summed E-state index contributed by atoms with van der Waals surface area (Å²) < 4.78 is 1.15. The van der Waals surface area contributed by atoms with E-state index in [0.717, 1.165) is 24.0 Å². The van der Waals surface area contributed by atoms with Crippen LogP contribution in [0.5, 0.6) is 0 Å². The van der Waals surface area contributed by atoms with Crippen LogP contribution in [0.25, 0.3) is 0 Å². The molecule has 1 aromatic carbocycles. The van der Waals surface area contributed by atoms with Gasteiger partial charge in [-0.15, -0.1) is 0 Å². The Labute approximate surface area is 126 Å². The molecule has 0 aromatic heterocycles. The third kappa shape index (κ3) is 5.15. The molecular formula is C16H27BrN2. The van der Waals surface area contributed by atoms with Gasteiger partial charge in [0.15, 0.2) is 0 Å². The van der Waals surface area contributed by atoms with Gasteiger partial charge in [0.1, 0.15) is 0 Å². The van der Waals surface area contributed by atoms with E-state index in [1.807, 2.05) is 0 Å². The molecule has 0 spiro atoms. The molecule has 1 atom stereocenters. The normalized spacial score (nSPS) is 12.8. The van der Waals surface area contributed by atoms with E-state index >= 15 is 0 Å². The summed E-state index contributed by atoms with van der Waals surface area (Å²) >= 11 is 3.59. The third-order valence-corrected chi connectivity index (χ3v) is 3.70. The Hall–Kier alpha value is -0.540. The molecule has 0 aliphatic heterocycles. The lowest BCUT2D eigenvalue weighted by atomic mass is 10.0. The zero-order valence-electron chi connectivity index (χ0n) is 12.8. The van der Waals surface area contributed by atoms with E-state index in [1.54, 1.807) is 0 Å². The fraction of sp³-hybridized carbons (Fsp3) is 0.625. The number of halogens is 1. The van der Waals surface area contributed by atoms with Crippen molar-refractivity contribution in [3.8, 4) is 0 Å². The highest BCUT2D eigenvalue weighted by atomic mass is 79.9. The van der Waals surface area contributed by atoms with Crippen LogP contribution in [0.2, 0.25) is 0 Å². The minimum absolute atomic E-state index is 0.377. The minimum atomic E-state index is 0.377. The molecule has 1 rings (SSSR count). The van der Waals surface area contributed by atoms with E-state index in [4.69, 9.17) is 0 Å². The van der Waals surface area contributed by atoms with Gasteiger partial charge in [-0.1, -0.05) is 36.7 Å². The molecule has 0 bridgehead atoms. The van der Waals surface area contributed by atoms with Gasteiger partial charge in [-0.3, -0.25) is 0 Å². The first-order valence-electron chi connectivity index (χ1n) is 7.19. The topological polar surface area (TPSA) is 15.3 Å². The van der Waals surface area contributed by atoms with Gasteiger partial charge < -0.3 is 10.2 Å². The molecule has 1 aromatic rings. The molecule has 108 valence electrons. The van der Waals surface area contributed by atoms with Crippen LogP contribution in [-0.2, 0) is 0 Å². The Morgan fingerprint density at radius 3 is 2.53 bits per heavy atom. The van der Waals surface area contributed by atoms with Crippen LogP contribution in [0.1, 0.15) is 45.7 Å². The Bertz CT molecular complexity index is 390. The summed E-state index contributed by atoms with van der Waals surface area (Å²) in [6.07, 6.45) is 1.16. The quantitative estimate of drug-likeness (QED) is 0.787. The summed E-state index contributed by atoms with van der Waals surface area (Å²) in [7, 11) is 2.18. The molecule has 3 heteroatoms. The highest BCUT2D eigenvalue weighted by Gasteiger charge is 2.14. The Kier molecular flexibility index (Phi) is 6.87. The van der Waals surface area contributed by atoms with Crippen molar-refractivity contribution in [2.75, 3.05) is 25.0 Å². The Morgan fingerprint density at radius 1 is 1.26 bits per heavy atom. The largest absolute Gasteiger partial charge is 0.374 e. The van der Waals surface area contributed by atoms with Gasteiger partial charge in [0.2, 0.25) is 0 Å². The maximum atomic E-state index is 3.59. The molecule has 2 nitrogen and oxygen atoms in total. The fourth-order valence-corrected chi connectivity index (χ4v) is 2.72. The molecule has 0 saturated carbocycles. The molecule has 0 aliphatic carbocycles. The van der Waals surface area contributed by atoms with Crippen LogP contribution >= 0.6 is 15.9 Å². The molecule has 0 aliphatic rings. The molecule has 1 unspecified atom stereocenters. The zero-order chi connectivity index (χ0) is 14.4. The van der Waals surface area contributed by atoms with Crippen molar-refractivity contribution in [1.82, 2.24) is 5.32 Å². The van der Waals surface area contributed by atoms with Crippen molar-refractivity contribution in [2.24, 2.45) is 5.92 Å². The SMILES string of the molecule is CCCNC(C)c1cc(Br)ccc1N(C)CC(C)C. The second-order valence-corrected chi connectivity index (χ2v) is 6.57. The molecule has 0 radical (unpaired) electrons. The van der Waals surface area contributed by atoms with E-state index in [0.29, 0.717) is 12.0 Å². The van der Waals surface area contributed by atoms with E-state index in [1.165, 1.54) is 11.3 Å². The summed E-state index contributed by atoms with van der Waals surface area (Å²) in [6, 6.07) is 6.95. The zero-order valence-corrected chi connectivity index (χ0v) is 14.4. The number of hydrogen-bond acceptors (Lipinski definition) is 2. The lowest BCUT2D eigenvalue weighted by Crippen LogP contribution is -2.26. The molecular weight excluding hydrogens is 300 g/mol. The Morgan fingerprint density at radius 2 is 1.95 bits per heavy atom. The summed E-state index contributed by atoms with van der Waals surface area (Å²) in [4.78, 5) is 2.36. The van der Waals surface area contributed by atoms with Crippen LogP contribution in [0, 0.1) is 5.92 Å². The van der Waals surface area contributed by atoms with Crippen LogP contribution in [-0.4, -0.2) is 20.1 Å². The lowest BCUT2D eigenvalue weighted by molar-refractivity contribution is 0.566. The third-order valence-electron chi connectivity index (χ3n) is 3.21. The van der Waals surface area contributed by atoms with Crippen LogP contribution in [0.3, 0.4) is 0 Å². The molecule has 0 amide bonds. The predicted molar refractivity (Wildman–Crippen MR) is 89.0 cm³/mol. The predicted octanol–water partition coefficient (Wildman–Crippen LogP) is 4.60. The Balaban J connectivity index is 2.96. The minimum Gasteiger partial charge on any atom is -0.374 e. The van der Waals surface area contributed by atoms with Crippen molar-refractivity contribution in [2.45, 2.75) is 40.2 Å². The average Bonchev–Trinajstić information content (AvgIpc) is 2.34. The molecule has 0 fully saturated rings.